The molecule has 1 N–H and O–H groups in total. The molecule has 0 spiro atoms. The van der Waals surface area contributed by atoms with Crippen LogP contribution in [0.4, 0.5) is 0 Å². The zero-order valence-corrected chi connectivity index (χ0v) is 11.3. The molecule has 1 aromatic heterocycles. The Morgan fingerprint density at radius 2 is 2.47 bits per heavy atom. The molecule has 0 radical (unpaired) electrons. The summed E-state index contributed by atoms with van der Waals surface area (Å²) in [6.07, 6.45) is 5.63. The van der Waals surface area contributed by atoms with Crippen LogP contribution in [0.25, 0.3) is 0 Å². The smallest absolute Gasteiger partial charge is 0.0888 e. The summed E-state index contributed by atoms with van der Waals surface area (Å²) in [6.45, 7) is 4.34. The molecule has 1 aromatic rings. The number of piperidine rings is 1. The average Bonchev–Trinajstić information content (AvgIpc) is 2.48. The van der Waals surface area contributed by atoms with Crippen LogP contribution in [0.5, 0.6) is 0 Å². The van der Waals surface area contributed by atoms with E-state index >= 15 is 0 Å². The number of fused-ring (bicyclic) bond motifs is 1. The number of rotatable bonds is 4. The molecular formula is C15H22N2O2. The molecule has 2 fully saturated rings. The first-order valence-corrected chi connectivity index (χ1v) is 7.19. The van der Waals surface area contributed by atoms with E-state index in [0.29, 0.717) is 12.7 Å². The lowest BCUT2D eigenvalue weighted by Gasteiger charge is -2.47. The summed E-state index contributed by atoms with van der Waals surface area (Å²) in [5, 5.41) is 3.50. The molecule has 4 heteroatoms. The van der Waals surface area contributed by atoms with Crippen LogP contribution in [0.3, 0.4) is 0 Å². The van der Waals surface area contributed by atoms with Crippen LogP contribution in [0, 0.1) is 5.41 Å². The minimum absolute atomic E-state index is 0.172. The lowest BCUT2D eigenvalue weighted by Crippen LogP contribution is -2.55. The van der Waals surface area contributed by atoms with Crippen LogP contribution in [0.15, 0.2) is 24.4 Å². The zero-order chi connectivity index (χ0) is 13.0. The molecule has 0 bridgehead atoms. The van der Waals surface area contributed by atoms with E-state index in [-0.39, 0.29) is 5.41 Å². The first-order valence-electron chi connectivity index (χ1n) is 7.19. The molecule has 4 nitrogen and oxygen atoms in total. The number of nitrogens with one attached hydrogen (secondary N) is 1. The van der Waals surface area contributed by atoms with E-state index in [4.69, 9.17) is 9.47 Å². The van der Waals surface area contributed by atoms with Gasteiger partial charge in [0.1, 0.15) is 0 Å². The minimum Gasteiger partial charge on any atom is -0.377 e. The van der Waals surface area contributed by atoms with Crippen LogP contribution in [0.1, 0.15) is 25.0 Å². The second kappa shape index (κ2) is 5.99. The molecule has 0 saturated carbocycles. The summed E-state index contributed by atoms with van der Waals surface area (Å²) in [6, 6.07) is 5.93. The van der Waals surface area contributed by atoms with Gasteiger partial charge in [-0.2, -0.15) is 0 Å². The van der Waals surface area contributed by atoms with Gasteiger partial charge < -0.3 is 14.8 Å². The van der Waals surface area contributed by atoms with Crippen molar-refractivity contribution in [2.45, 2.75) is 32.0 Å². The van der Waals surface area contributed by atoms with Crippen LogP contribution < -0.4 is 5.32 Å². The second-order valence-electron chi connectivity index (χ2n) is 5.60. The number of pyridine rings is 1. The predicted octanol–water partition coefficient (Wildman–Crippen LogP) is 1.76. The topological polar surface area (TPSA) is 43.4 Å². The van der Waals surface area contributed by atoms with Crippen molar-refractivity contribution in [2.24, 2.45) is 5.41 Å². The van der Waals surface area contributed by atoms with Gasteiger partial charge in [0, 0.05) is 24.8 Å². The predicted molar refractivity (Wildman–Crippen MR) is 72.8 cm³/mol. The van der Waals surface area contributed by atoms with Gasteiger partial charge in [0.15, 0.2) is 0 Å². The van der Waals surface area contributed by atoms with E-state index in [0.717, 1.165) is 44.8 Å². The van der Waals surface area contributed by atoms with Crippen molar-refractivity contribution in [3.63, 3.8) is 0 Å². The van der Waals surface area contributed by atoms with E-state index in [1.807, 2.05) is 24.4 Å². The van der Waals surface area contributed by atoms with Gasteiger partial charge in [-0.15, -0.1) is 0 Å². The summed E-state index contributed by atoms with van der Waals surface area (Å²) < 4.78 is 11.9. The van der Waals surface area contributed by atoms with Gasteiger partial charge in [-0.25, -0.2) is 0 Å². The highest BCUT2D eigenvalue weighted by Gasteiger charge is 2.43. The van der Waals surface area contributed by atoms with Crippen molar-refractivity contribution in [1.82, 2.24) is 10.3 Å². The number of hydrogen-bond acceptors (Lipinski definition) is 4. The third kappa shape index (κ3) is 2.96. The molecule has 3 heterocycles. The van der Waals surface area contributed by atoms with Gasteiger partial charge in [-0.1, -0.05) is 6.07 Å². The summed E-state index contributed by atoms with van der Waals surface area (Å²) in [5.41, 5.74) is 1.17. The van der Waals surface area contributed by atoms with Crippen molar-refractivity contribution >= 4 is 0 Å². The molecule has 19 heavy (non-hydrogen) atoms. The summed E-state index contributed by atoms with van der Waals surface area (Å²) >= 11 is 0. The van der Waals surface area contributed by atoms with Crippen LogP contribution in [-0.2, 0) is 16.1 Å². The largest absolute Gasteiger partial charge is 0.377 e. The van der Waals surface area contributed by atoms with Gasteiger partial charge in [0.2, 0.25) is 0 Å². The molecule has 2 unspecified atom stereocenters. The van der Waals surface area contributed by atoms with Crippen LogP contribution in [0.2, 0.25) is 0 Å². The molecule has 2 aliphatic heterocycles. The van der Waals surface area contributed by atoms with E-state index in [2.05, 4.69) is 10.3 Å². The molecule has 3 rings (SSSR count). The monoisotopic (exact) mass is 262 g/mol. The minimum atomic E-state index is 0.172. The maximum absolute atomic E-state index is 5.95. The SMILES string of the molecule is c1ccc(COCC23CCCOC2CCNC3)nc1. The van der Waals surface area contributed by atoms with Gasteiger partial charge in [0.05, 0.1) is 25.0 Å². The Morgan fingerprint density at radius 3 is 3.37 bits per heavy atom. The lowest BCUT2D eigenvalue weighted by atomic mass is 9.73. The van der Waals surface area contributed by atoms with E-state index in [1.165, 1.54) is 6.42 Å². The quantitative estimate of drug-likeness (QED) is 0.898. The molecule has 104 valence electrons. The van der Waals surface area contributed by atoms with Crippen LogP contribution in [-0.4, -0.2) is 37.4 Å². The summed E-state index contributed by atoms with van der Waals surface area (Å²) in [4.78, 5) is 4.29. The average molecular weight is 262 g/mol. The third-order valence-corrected chi connectivity index (χ3v) is 4.25. The van der Waals surface area contributed by atoms with Crippen molar-refractivity contribution in [3.05, 3.63) is 30.1 Å². The van der Waals surface area contributed by atoms with Crippen molar-refractivity contribution in [1.29, 1.82) is 0 Å². The van der Waals surface area contributed by atoms with E-state index in [9.17, 15) is 0 Å². The lowest BCUT2D eigenvalue weighted by molar-refractivity contribution is -0.132. The number of ether oxygens (including phenoxy) is 2. The first-order chi connectivity index (χ1) is 9.39. The van der Waals surface area contributed by atoms with Crippen LogP contribution >= 0.6 is 0 Å². The van der Waals surface area contributed by atoms with Gasteiger partial charge >= 0.3 is 0 Å². The molecule has 0 aliphatic carbocycles. The van der Waals surface area contributed by atoms with Gasteiger partial charge in [0.25, 0.3) is 0 Å². The number of hydrogen-bond donors (Lipinski definition) is 1. The second-order valence-corrected chi connectivity index (χ2v) is 5.60. The third-order valence-electron chi connectivity index (χ3n) is 4.25. The normalized spacial score (nSPS) is 30.8. The van der Waals surface area contributed by atoms with E-state index in [1.54, 1.807) is 0 Å². The van der Waals surface area contributed by atoms with Crippen molar-refractivity contribution in [2.75, 3.05) is 26.3 Å². The highest BCUT2D eigenvalue weighted by atomic mass is 16.5. The highest BCUT2D eigenvalue weighted by Crippen LogP contribution is 2.38. The Hall–Kier alpha value is -0.970. The molecule has 0 amide bonds. The fraction of sp³-hybridized carbons (Fsp3) is 0.667. The number of nitrogens with zero attached hydrogens (tertiary/aromatic N) is 1. The Bertz CT molecular complexity index is 384. The first kappa shape index (κ1) is 13.0. The fourth-order valence-electron chi connectivity index (χ4n) is 3.21. The maximum atomic E-state index is 5.95. The molecule has 0 aromatic carbocycles. The van der Waals surface area contributed by atoms with Gasteiger partial charge in [-0.3, -0.25) is 4.98 Å². The maximum Gasteiger partial charge on any atom is 0.0888 e. The Labute approximate surface area is 114 Å². The Kier molecular flexibility index (Phi) is 4.11. The fourth-order valence-corrected chi connectivity index (χ4v) is 3.21. The van der Waals surface area contributed by atoms with Crippen molar-refractivity contribution in [3.8, 4) is 0 Å². The molecule has 2 saturated heterocycles. The standard InChI is InChI=1S/C15H22N2O2/c1-2-7-17-13(4-1)10-18-12-15-6-3-9-19-14(15)5-8-16-11-15/h1-2,4,7,14,16H,3,5-6,8-12H2. The van der Waals surface area contributed by atoms with Crippen molar-refractivity contribution < 1.29 is 9.47 Å². The molecular weight excluding hydrogens is 240 g/mol. The highest BCUT2D eigenvalue weighted by molar-refractivity contribution is 5.02. The van der Waals surface area contributed by atoms with Gasteiger partial charge in [-0.05, 0) is 37.9 Å². The number of aromatic nitrogens is 1. The Balaban J connectivity index is 1.57. The zero-order valence-electron chi connectivity index (χ0n) is 11.3. The summed E-state index contributed by atoms with van der Waals surface area (Å²) in [7, 11) is 0. The summed E-state index contributed by atoms with van der Waals surface area (Å²) in [5.74, 6) is 0. The molecule has 2 atom stereocenters. The Morgan fingerprint density at radius 1 is 1.47 bits per heavy atom. The molecule has 2 aliphatic rings. The van der Waals surface area contributed by atoms with E-state index < -0.39 is 0 Å².